The fourth-order valence-electron chi connectivity index (χ4n) is 2.74. The normalized spacial score (nSPS) is 19.2. The van der Waals surface area contributed by atoms with Gasteiger partial charge in [-0.3, -0.25) is 4.79 Å². The van der Waals surface area contributed by atoms with Gasteiger partial charge in [-0.2, -0.15) is 0 Å². The number of nitrogens with zero attached hydrogens (tertiary/aromatic N) is 4. The maximum atomic E-state index is 12.4. The largest absolute Gasteiger partial charge is 0.397 e. The first kappa shape index (κ1) is 12.7. The highest BCUT2D eigenvalue weighted by Crippen LogP contribution is 2.26. The van der Waals surface area contributed by atoms with Crippen molar-refractivity contribution in [3.8, 4) is 0 Å². The number of nitrogen functional groups attached to an aromatic ring is 1. The van der Waals surface area contributed by atoms with Gasteiger partial charge in [0.1, 0.15) is 17.8 Å². The molecule has 2 aromatic heterocycles. The molecular weight excluding hydrogens is 256 g/mol. The van der Waals surface area contributed by atoms with Crippen molar-refractivity contribution >= 4 is 11.6 Å². The van der Waals surface area contributed by atoms with Crippen LogP contribution < -0.4 is 5.73 Å². The second kappa shape index (κ2) is 4.99. The smallest absolute Gasteiger partial charge is 0.270 e. The summed E-state index contributed by atoms with van der Waals surface area (Å²) >= 11 is 0. The fourth-order valence-corrected chi connectivity index (χ4v) is 2.74. The van der Waals surface area contributed by atoms with Gasteiger partial charge in [-0.05, 0) is 18.9 Å². The summed E-state index contributed by atoms with van der Waals surface area (Å²) in [6.45, 7) is 1.44. The maximum absolute atomic E-state index is 12.4. The van der Waals surface area contributed by atoms with E-state index in [4.69, 9.17) is 5.73 Å². The molecule has 0 saturated carbocycles. The van der Waals surface area contributed by atoms with E-state index in [2.05, 4.69) is 15.2 Å². The molecule has 1 aliphatic rings. The Labute approximate surface area is 116 Å². The van der Waals surface area contributed by atoms with Crippen LogP contribution in [0.1, 0.15) is 35.1 Å². The van der Waals surface area contributed by atoms with Crippen molar-refractivity contribution in [2.24, 2.45) is 7.05 Å². The Balaban J connectivity index is 1.75. The zero-order chi connectivity index (χ0) is 14.1. The zero-order valence-corrected chi connectivity index (χ0v) is 11.4. The molecule has 3 heterocycles. The highest BCUT2D eigenvalue weighted by atomic mass is 16.2. The van der Waals surface area contributed by atoms with E-state index in [9.17, 15) is 4.79 Å². The molecule has 3 N–H and O–H groups in total. The highest BCUT2D eigenvalue weighted by Gasteiger charge is 2.28. The molecule has 106 valence electrons. The standard InChI is InChI=1S/C13H18N6O/c1-18-8-16-17-12(18)9-3-2-4-19(7-9)13(20)11-5-10(14)6-15-11/h5-6,8-9,15H,2-4,7,14H2,1H3. The second-order valence-corrected chi connectivity index (χ2v) is 5.24. The summed E-state index contributed by atoms with van der Waals surface area (Å²) in [5, 5.41) is 8.07. The summed E-state index contributed by atoms with van der Waals surface area (Å²) in [6.07, 6.45) is 5.34. The molecule has 1 amide bonds. The van der Waals surface area contributed by atoms with Gasteiger partial charge in [0, 0.05) is 37.9 Å². The third-order valence-corrected chi connectivity index (χ3v) is 3.76. The average molecular weight is 274 g/mol. The molecular formula is C13H18N6O. The van der Waals surface area contributed by atoms with Crippen molar-refractivity contribution in [3.63, 3.8) is 0 Å². The van der Waals surface area contributed by atoms with Crippen LogP contribution in [-0.2, 0) is 7.05 Å². The molecule has 1 atom stereocenters. The van der Waals surface area contributed by atoms with Crippen LogP contribution in [0.25, 0.3) is 0 Å². The van der Waals surface area contributed by atoms with Crippen molar-refractivity contribution in [3.05, 3.63) is 30.1 Å². The number of likely N-dealkylation sites (tertiary alicyclic amines) is 1. The Morgan fingerprint density at radius 3 is 3.05 bits per heavy atom. The number of carbonyl (C=O) groups excluding carboxylic acids is 1. The van der Waals surface area contributed by atoms with Gasteiger partial charge in [-0.15, -0.1) is 10.2 Å². The van der Waals surface area contributed by atoms with Gasteiger partial charge >= 0.3 is 0 Å². The van der Waals surface area contributed by atoms with Crippen LogP contribution in [0.15, 0.2) is 18.6 Å². The van der Waals surface area contributed by atoms with Crippen LogP contribution in [0.4, 0.5) is 5.69 Å². The minimum atomic E-state index is -0.00596. The lowest BCUT2D eigenvalue weighted by molar-refractivity contribution is 0.0698. The summed E-state index contributed by atoms with van der Waals surface area (Å²) in [7, 11) is 1.93. The Kier molecular flexibility index (Phi) is 3.17. The first-order chi connectivity index (χ1) is 9.65. The lowest BCUT2D eigenvalue weighted by Gasteiger charge is -2.31. The maximum Gasteiger partial charge on any atom is 0.270 e. The van der Waals surface area contributed by atoms with E-state index in [0.717, 1.165) is 25.2 Å². The predicted octanol–water partition coefficient (Wildman–Crippen LogP) is 0.745. The van der Waals surface area contributed by atoms with Gasteiger partial charge in [-0.25, -0.2) is 0 Å². The average Bonchev–Trinajstić information content (AvgIpc) is 3.07. The van der Waals surface area contributed by atoms with E-state index in [0.29, 0.717) is 17.9 Å². The Bertz CT molecular complexity index is 616. The highest BCUT2D eigenvalue weighted by molar-refractivity contribution is 5.93. The van der Waals surface area contributed by atoms with Crippen LogP contribution in [0.5, 0.6) is 0 Å². The molecule has 1 fully saturated rings. The minimum Gasteiger partial charge on any atom is -0.397 e. The number of aromatic nitrogens is 4. The van der Waals surface area contributed by atoms with Gasteiger partial charge in [0.15, 0.2) is 0 Å². The number of aromatic amines is 1. The number of hydrogen-bond donors (Lipinski definition) is 2. The molecule has 1 saturated heterocycles. The van der Waals surface area contributed by atoms with Gasteiger partial charge < -0.3 is 20.2 Å². The van der Waals surface area contributed by atoms with E-state index in [-0.39, 0.29) is 11.8 Å². The number of nitrogens with two attached hydrogens (primary N) is 1. The molecule has 7 heteroatoms. The van der Waals surface area contributed by atoms with Crippen molar-refractivity contribution in [1.82, 2.24) is 24.6 Å². The molecule has 20 heavy (non-hydrogen) atoms. The van der Waals surface area contributed by atoms with Gasteiger partial charge in [-0.1, -0.05) is 0 Å². The molecule has 7 nitrogen and oxygen atoms in total. The topological polar surface area (TPSA) is 92.8 Å². The molecule has 2 aromatic rings. The number of H-pyrrole nitrogens is 1. The number of amides is 1. The number of aryl methyl sites for hydroxylation is 1. The molecule has 0 radical (unpaired) electrons. The lowest BCUT2D eigenvalue weighted by atomic mass is 9.97. The predicted molar refractivity (Wildman–Crippen MR) is 74.1 cm³/mol. The van der Waals surface area contributed by atoms with E-state index in [1.807, 2.05) is 16.5 Å². The number of nitrogens with one attached hydrogen (secondary N) is 1. The van der Waals surface area contributed by atoms with Gasteiger partial charge in [0.25, 0.3) is 5.91 Å². The van der Waals surface area contributed by atoms with Crippen LogP contribution >= 0.6 is 0 Å². The first-order valence-electron chi connectivity index (χ1n) is 6.72. The molecule has 1 unspecified atom stereocenters. The molecule has 0 aromatic carbocycles. The van der Waals surface area contributed by atoms with Crippen LogP contribution in [0.3, 0.4) is 0 Å². The van der Waals surface area contributed by atoms with E-state index < -0.39 is 0 Å². The van der Waals surface area contributed by atoms with Crippen molar-refractivity contribution in [1.29, 1.82) is 0 Å². The van der Waals surface area contributed by atoms with Crippen molar-refractivity contribution in [2.45, 2.75) is 18.8 Å². The Morgan fingerprint density at radius 1 is 1.55 bits per heavy atom. The van der Waals surface area contributed by atoms with Crippen LogP contribution in [-0.4, -0.2) is 43.6 Å². The van der Waals surface area contributed by atoms with Gasteiger partial charge in [0.2, 0.25) is 0 Å². The number of anilines is 1. The number of piperidine rings is 1. The SMILES string of the molecule is Cn1cnnc1C1CCCN(C(=O)c2cc(N)c[nH]2)C1. The van der Waals surface area contributed by atoms with Crippen LogP contribution in [0.2, 0.25) is 0 Å². The van der Waals surface area contributed by atoms with Gasteiger partial charge in [0.05, 0.1) is 0 Å². The van der Waals surface area contributed by atoms with Crippen molar-refractivity contribution in [2.75, 3.05) is 18.8 Å². The second-order valence-electron chi connectivity index (χ2n) is 5.24. The minimum absolute atomic E-state index is 0.00596. The zero-order valence-electron chi connectivity index (χ0n) is 11.4. The molecule has 0 spiro atoms. The lowest BCUT2D eigenvalue weighted by Crippen LogP contribution is -2.39. The monoisotopic (exact) mass is 274 g/mol. The number of carbonyl (C=O) groups is 1. The number of rotatable bonds is 2. The third kappa shape index (κ3) is 2.26. The summed E-state index contributed by atoms with van der Waals surface area (Å²) in [6, 6.07) is 1.67. The molecule has 0 aliphatic carbocycles. The summed E-state index contributed by atoms with van der Waals surface area (Å²) < 4.78 is 1.92. The number of hydrogen-bond acceptors (Lipinski definition) is 4. The van der Waals surface area contributed by atoms with E-state index in [1.165, 1.54) is 0 Å². The quantitative estimate of drug-likeness (QED) is 0.845. The molecule has 3 rings (SSSR count). The van der Waals surface area contributed by atoms with E-state index in [1.54, 1.807) is 18.6 Å². The summed E-state index contributed by atoms with van der Waals surface area (Å²) in [5.41, 5.74) is 6.77. The van der Waals surface area contributed by atoms with Crippen molar-refractivity contribution < 1.29 is 4.79 Å². The molecule has 0 bridgehead atoms. The van der Waals surface area contributed by atoms with E-state index >= 15 is 0 Å². The summed E-state index contributed by atoms with van der Waals surface area (Å²) in [5.74, 6) is 1.18. The summed E-state index contributed by atoms with van der Waals surface area (Å²) in [4.78, 5) is 17.2. The first-order valence-corrected chi connectivity index (χ1v) is 6.72. The Morgan fingerprint density at radius 2 is 2.40 bits per heavy atom. The fraction of sp³-hybridized carbons (Fsp3) is 0.462. The third-order valence-electron chi connectivity index (χ3n) is 3.76. The molecule has 1 aliphatic heterocycles. The van der Waals surface area contributed by atoms with Crippen LogP contribution in [0, 0.1) is 0 Å². The Hall–Kier alpha value is -2.31.